The Labute approximate surface area is 123 Å². The highest BCUT2D eigenvalue weighted by Crippen LogP contribution is 2.11. The van der Waals surface area contributed by atoms with Crippen LogP contribution in [0.3, 0.4) is 0 Å². The molecule has 1 N–H and O–H groups in total. The normalized spacial score (nSPS) is 15.3. The lowest BCUT2D eigenvalue weighted by Crippen LogP contribution is -2.49. The first-order chi connectivity index (χ1) is 10.1. The fourth-order valence-corrected chi connectivity index (χ4v) is 2.24. The molecule has 0 aromatic carbocycles. The number of ether oxygens (including phenoxy) is 1. The highest BCUT2D eigenvalue weighted by molar-refractivity contribution is 5.86. The van der Waals surface area contributed by atoms with Gasteiger partial charge in [-0.1, -0.05) is 0 Å². The van der Waals surface area contributed by atoms with Crippen LogP contribution in [0.25, 0.3) is 0 Å². The minimum absolute atomic E-state index is 0.110. The number of esters is 1. The topological polar surface area (TPSA) is 75.0 Å². The van der Waals surface area contributed by atoms with Gasteiger partial charge in [0.05, 0.1) is 20.2 Å². The van der Waals surface area contributed by atoms with Gasteiger partial charge < -0.3 is 19.4 Å². The van der Waals surface area contributed by atoms with Gasteiger partial charge in [-0.25, -0.2) is 4.79 Å². The molecule has 0 unspecified atom stereocenters. The number of nitrogens with one attached hydrogen (secondary N) is 1. The molecule has 1 aromatic rings. The number of hydrogen-bond donors (Lipinski definition) is 1. The van der Waals surface area contributed by atoms with Crippen molar-refractivity contribution in [2.45, 2.75) is 6.54 Å². The van der Waals surface area contributed by atoms with Crippen molar-refractivity contribution in [3.8, 4) is 0 Å². The molecule has 1 aliphatic heterocycles. The molecule has 0 saturated carbocycles. The molecular weight excluding hydrogens is 274 g/mol. The third-order valence-electron chi connectivity index (χ3n) is 3.35. The Morgan fingerprint density at radius 3 is 2.76 bits per heavy atom. The first kappa shape index (κ1) is 15.5. The van der Waals surface area contributed by atoms with Crippen LogP contribution in [0.5, 0.6) is 0 Å². The largest absolute Gasteiger partial charge is 0.463 e. The molecule has 7 heteroatoms. The van der Waals surface area contributed by atoms with Gasteiger partial charge in [-0.05, 0) is 19.2 Å². The highest BCUT2D eigenvalue weighted by Gasteiger charge is 2.18. The number of rotatable bonds is 5. The second-order valence-electron chi connectivity index (χ2n) is 5.06. The van der Waals surface area contributed by atoms with Crippen LogP contribution in [-0.2, 0) is 16.1 Å². The maximum absolute atomic E-state index is 12.1. The Morgan fingerprint density at radius 2 is 2.10 bits per heavy atom. The van der Waals surface area contributed by atoms with E-state index in [9.17, 15) is 9.59 Å². The van der Waals surface area contributed by atoms with E-state index in [2.05, 4.69) is 10.1 Å². The van der Waals surface area contributed by atoms with Gasteiger partial charge in [-0.2, -0.15) is 0 Å². The Kier molecular flexibility index (Phi) is 5.35. The fraction of sp³-hybridized carbons (Fsp3) is 0.571. The number of furan rings is 1. The second-order valence-corrected chi connectivity index (χ2v) is 5.06. The van der Waals surface area contributed by atoms with Crippen molar-refractivity contribution in [3.63, 3.8) is 0 Å². The number of methoxy groups -OCH3 is 1. The summed E-state index contributed by atoms with van der Waals surface area (Å²) in [5.41, 5.74) is 0. The molecule has 21 heavy (non-hydrogen) atoms. The van der Waals surface area contributed by atoms with E-state index in [0.717, 1.165) is 26.2 Å². The van der Waals surface area contributed by atoms with E-state index in [1.54, 1.807) is 12.1 Å². The molecule has 2 heterocycles. The van der Waals surface area contributed by atoms with E-state index in [1.165, 1.54) is 7.11 Å². The van der Waals surface area contributed by atoms with Crippen molar-refractivity contribution in [3.05, 3.63) is 23.7 Å². The van der Waals surface area contributed by atoms with E-state index in [0.29, 0.717) is 18.8 Å². The summed E-state index contributed by atoms with van der Waals surface area (Å²) in [6.07, 6.45) is 0. The van der Waals surface area contributed by atoms with E-state index >= 15 is 0 Å². The van der Waals surface area contributed by atoms with Crippen molar-refractivity contribution >= 4 is 11.9 Å². The summed E-state index contributed by atoms with van der Waals surface area (Å²) in [5.74, 6) is 0.417. The average molecular weight is 295 g/mol. The zero-order chi connectivity index (χ0) is 15.2. The summed E-state index contributed by atoms with van der Waals surface area (Å²) in [4.78, 5) is 27.1. The minimum atomic E-state index is -0.499. The van der Waals surface area contributed by atoms with Crippen LogP contribution in [-0.4, -0.2) is 68.6 Å². The Hall–Kier alpha value is -1.86. The van der Waals surface area contributed by atoms with Crippen molar-refractivity contribution in [1.82, 2.24) is 15.1 Å². The molecular formula is C14H21N3O4. The maximum atomic E-state index is 12.1. The van der Waals surface area contributed by atoms with Crippen molar-refractivity contribution < 1.29 is 18.7 Å². The monoisotopic (exact) mass is 295 g/mol. The number of carbonyl (C=O) groups excluding carboxylic acids is 2. The molecule has 0 atom stereocenters. The first-order valence-electron chi connectivity index (χ1n) is 6.94. The smallest absolute Gasteiger partial charge is 0.373 e. The van der Waals surface area contributed by atoms with Gasteiger partial charge in [0.15, 0.2) is 0 Å². The SMILES string of the molecule is COC(=O)c1ccc(CN(C)CC(=O)N2CCNCC2)o1. The summed E-state index contributed by atoms with van der Waals surface area (Å²) < 4.78 is 9.97. The van der Waals surface area contributed by atoms with Gasteiger partial charge in [0, 0.05) is 26.2 Å². The number of carbonyl (C=O) groups is 2. The third-order valence-corrected chi connectivity index (χ3v) is 3.35. The number of amides is 1. The van der Waals surface area contributed by atoms with Crippen molar-refractivity contribution in [2.75, 3.05) is 46.9 Å². The molecule has 0 spiro atoms. The highest BCUT2D eigenvalue weighted by atomic mass is 16.5. The van der Waals surface area contributed by atoms with Gasteiger partial charge in [-0.15, -0.1) is 0 Å². The molecule has 2 rings (SSSR count). The van der Waals surface area contributed by atoms with Crippen molar-refractivity contribution in [2.24, 2.45) is 0 Å². The number of hydrogen-bond acceptors (Lipinski definition) is 6. The van der Waals surface area contributed by atoms with Crippen LogP contribution in [0.2, 0.25) is 0 Å². The summed E-state index contributed by atoms with van der Waals surface area (Å²) in [6, 6.07) is 3.30. The van der Waals surface area contributed by atoms with E-state index in [-0.39, 0.29) is 11.7 Å². The minimum Gasteiger partial charge on any atom is -0.463 e. The molecule has 1 aliphatic rings. The average Bonchev–Trinajstić information content (AvgIpc) is 2.95. The van der Waals surface area contributed by atoms with Crippen LogP contribution in [0.1, 0.15) is 16.3 Å². The molecule has 0 bridgehead atoms. The zero-order valence-corrected chi connectivity index (χ0v) is 12.4. The van der Waals surface area contributed by atoms with Gasteiger partial charge in [-0.3, -0.25) is 9.69 Å². The summed E-state index contributed by atoms with van der Waals surface area (Å²) in [5, 5.41) is 3.22. The molecule has 7 nitrogen and oxygen atoms in total. The molecule has 1 aromatic heterocycles. The molecule has 1 saturated heterocycles. The Balaban J connectivity index is 1.83. The molecule has 116 valence electrons. The molecule has 1 amide bonds. The van der Waals surface area contributed by atoms with Crippen LogP contribution in [0, 0.1) is 0 Å². The maximum Gasteiger partial charge on any atom is 0.373 e. The second kappa shape index (κ2) is 7.24. The fourth-order valence-electron chi connectivity index (χ4n) is 2.24. The lowest BCUT2D eigenvalue weighted by atomic mass is 10.3. The predicted molar refractivity (Wildman–Crippen MR) is 75.8 cm³/mol. The van der Waals surface area contributed by atoms with Crippen LogP contribution in [0.4, 0.5) is 0 Å². The van der Waals surface area contributed by atoms with Gasteiger partial charge in [0.2, 0.25) is 11.7 Å². The number of nitrogens with zero attached hydrogens (tertiary/aromatic N) is 2. The predicted octanol–water partition coefficient (Wildman–Crippen LogP) is -0.0702. The van der Waals surface area contributed by atoms with Crippen LogP contribution in [0.15, 0.2) is 16.5 Å². The number of piperazine rings is 1. The van der Waals surface area contributed by atoms with Gasteiger partial charge in [0.25, 0.3) is 0 Å². The Morgan fingerprint density at radius 1 is 1.38 bits per heavy atom. The van der Waals surface area contributed by atoms with E-state index in [1.807, 2.05) is 16.8 Å². The van der Waals surface area contributed by atoms with Gasteiger partial charge >= 0.3 is 5.97 Å². The standard InChI is InChI=1S/C14H21N3O4/c1-16(10-13(18)17-7-5-15-6-8-17)9-11-3-4-12(21-11)14(19)20-2/h3-4,15H,5-10H2,1-2H3. The zero-order valence-electron chi connectivity index (χ0n) is 12.4. The van der Waals surface area contributed by atoms with E-state index in [4.69, 9.17) is 4.42 Å². The number of likely N-dealkylation sites (N-methyl/N-ethyl adjacent to an activating group) is 1. The first-order valence-corrected chi connectivity index (χ1v) is 6.94. The Bertz CT molecular complexity index is 494. The quantitative estimate of drug-likeness (QED) is 0.767. The van der Waals surface area contributed by atoms with Crippen molar-refractivity contribution in [1.29, 1.82) is 0 Å². The summed E-state index contributed by atoms with van der Waals surface area (Å²) in [6.45, 7) is 3.98. The summed E-state index contributed by atoms with van der Waals surface area (Å²) >= 11 is 0. The molecule has 0 radical (unpaired) electrons. The summed E-state index contributed by atoms with van der Waals surface area (Å²) in [7, 11) is 3.16. The third kappa shape index (κ3) is 4.30. The van der Waals surface area contributed by atoms with Gasteiger partial charge in [0.1, 0.15) is 5.76 Å². The molecule has 1 fully saturated rings. The van der Waals surface area contributed by atoms with Crippen LogP contribution >= 0.6 is 0 Å². The van der Waals surface area contributed by atoms with E-state index < -0.39 is 5.97 Å². The lowest BCUT2D eigenvalue weighted by Gasteiger charge is -2.29. The molecule has 0 aliphatic carbocycles. The van der Waals surface area contributed by atoms with Crippen LogP contribution < -0.4 is 5.32 Å². The lowest BCUT2D eigenvalue weighted by molar-refractivity contribution is -0.132.